The third-order valence-corrected chi connectivity index (χ3v) is 7.33. The summed E-state index contributed by atoms with van der Waals surface area (Å²) in [4.78, 5) is 12.4. The lowest BCUT2D eigenvalue weighted by Crippen LogP contribution is -2.47. The summed E-state index contributed by atoms with van der Waals surface area (Å²) in [5.74, 6) is 4.59. The highest BCUT2D eigenvalue weighted by Gasteiger charge is 2.20. The minimum absolute atomic E-state index is 0.788. The average Bonchev–Trinajstić information content (AvgIpc) is 3.17. The summed E-state index contributed by atoms with van der Waals surface area (Å²) in [6, 6.07) is 14.4. The summed E-state index contributed by atoms with van der Waals surface area (Å²) >= 11 is 1.61. The summed E-state index contributed by atoms with van der Waals surface area (Å²) in [5, 5.41) is 4.15. The zero-order valence-corrected chi connectivity index (χ0v) is 18.1. The van der Waals surface area contributed by atoms with Gasteiger partial charge in [0, 0.05) is 61.1 Å². The zero-order chi connectivity index (χ0) is 20.3. The van der Waals surface area contributed by atoms with Crippen LogP contribution in [0.15, 0.2) is 54.9 Å². The van der Waals surface area contributed by atoms with Gasteiger partial charge in [-0.15, -0.1) is 0 Å². The number of benzene rings is 1. The van der Waals surface area contributed by atoms with Gasteiger partial charge in [0.1, 0.15) is 5.82 Å². The van der Waals surface area contributed by atoms with E-state index in [1.807, 2.05) is 41.0 Å². The first-order valence-electron chi connectivity index (χ1n) is 9.50. The molecule has 1 unspecified atom stereocenters. The summed E-state index contributed by atoms with van der Waals surface area (Å²) < 4.78 is 14.1. The fourth-order valence-electron chi connectivity index (χ4n) is 3.35. The van der Waals surface area contributed by atoms with Crippen molar-refractivity contribution >= 4 is 37.9 Å². The van der Waals surface area contributed by atoms with Crippen molar-refractivity contribution in [2.45, 2.75) is 6.54 Å². The zero-order valence-electron chi connectivity index (χ0n) is 16.5. The number of hydrogen-bond donors (Lipinski definition) is 1. The molecule has 4 rings (SSSR count). The van der Waals surface area contributed by atoms with Crippen LogP contribution in [0.4, 0.5) is 10.9 Å². The summed E-state index contributed by atoms with van der Waals surface area (Å²) in [7, 11) is -2.10. The molecule has 1 aliphatic heterocycles. The van der Waals surface area contributed by atoms with Crippen molar-refractivity contribution in [3.63, 3.8) is 0 Å². The number of hydrogen-bond acceptors (Lipinski definition) is 6. The topological polar surface area (TPSA) is 61.4 Å². The maximum Gasteiger partial charge on any atom is 0.188 e. The van der Waals surface area contributed by atoms with E-state index >= 15 is 0 Å². The van der Waals surface area contributed by atoms with Crippen molar-refractivity contribution in [2.24, 2.45) is 0 Å². The lowest BCUT2D eigenvalue weighted by atomic mass is 10.2. The molecule has 1 saturated heterocycles. The van der Waals surface area contributed by atoms with Gasteiger partial charge in [-0.25, -0.2) is 14.3 Å². The highest BCUT2D eigenvalue weighted by atomic mass is 32.2. The van der Waals surface area contributed by atoms with Crippen molar-refractivity contribution in [3.05, 3.63) is 60.4 Å². The highest BCUT2D eigenvalue weighted by molar-refractivity contribution is 7.97. The van der Waals surface area contributed by atoms with E-state index in [4.69, 9.17) is 0 Å². The molecule has 1 aliphatic rings. The smallest absolute Gasteiger partial charge is 0.188 e. The molecular formula is C21H25N5OS2. The Kier molecular flexibility index (Phi) is 5.96. The van der Waals surface area contributed by atoms with E-state index in [0.717, 1.165) is 54.1 Å². The van der Waals surface area contributed by atoms with Gasteiger partial charge in [-0.05, 0) is 29.1 Å². The minimum atomic E-state index is -2.10. The van der Waals surface area contributed by atoms with Gasteiger partial charge in [0.05, 0.1) is 4.88 Å². The van der Waals surface area contributed by atoms with E-state index < -0.39 is 9.71 Å². The molecule has 1 N–H and O–H groups in total. The molecule has 0 spiro atoms. The first-order chi connectivity index (χ1) is 14.0. The standard InChI is InChI=1S/C21H25N5OS2/c1-29(2,27)26-12-10-25(11-13-26)16-17-8-9-22-20(14-17)24-21-23-15-19(28-21)18-6-4-3-5-7-18/h3-9,14-15H,1,10-13,16H2,2H3,(H,22,23,24). The van der Waals surface area contributed by atoms with Crippen LogP contribution < -0.4 is 5.32 Å². The molecule has 6 nitrogen and oxygen atoms in total. The number of piperazine rings is 1. The Morgan fingerprint density at radius 3 is 2.62 bits per heavy atom. The lowest BCUT2D eigenvalue weighted by Gasteiger charge is -2.35. The van der Waals surface area contributed by atoms with Crippen LogP contribution in [0, 0.1) is 0 Å². The van der Waals surface area contributed by atoms with E-state index in [1.165, 1.54) is 5.56 Å². The Morgan fingerprint density at radius 1 is 1.14 bits per heavy atom. The Labute approximate surface area is 176 Å². The van der Waals surface area contributed by atoms with E-state index in [2.05, 4.69) is 44.3 Å². The first kappa shape index (κ1) is 20.0. The van der Waals surface area contributed by atoms with Crippen LogP contribution in [0.1, 0.15) is 5.56 Å². The normalized spacial score (nSPS) is 17.7. The van der Waals surface area contributed by atoms with Gasteiger partial charge >= 0.3 is 0 Å². The Balaban J connectivity index is 1.38. The molecule has 8 heteroatoms. The van der Waals surface area contributed by atoms with Crippen molar-refractivity contribution in [1.29, 1.82) is 0 Å². The number of thiazole rings is 1. The molecule has 2 aromatic heterocycles. The maximum absolute atomic E-state index is 12.1. The molecule has 0 amide bonds. The Morgan fingerprint density at radius 2 is 1.90 bits per heavy atom. The second-order valence-electron chi connectivity index (χ2n) is 7.23. The van der Waals surface area contributed by atoms with Crippen LogP contribution >= 0.6 is 11.3 Å². The van der Waals surface area contributed by atoms with Crippen LogP contribution in [0.25, 0.3) is 10.4 Å². The van der Waals surface area contributed by atoms with Gasteiger partial charge in [-0.2, -0.15) is 0 Å². The molecule has 0 bridgehead atoms. The summed E-state index contributed by atoms with van der Waals surface area (Å²) in [6.07, 6.45) is 5.43. The SMILES string of the molecule is C=S(C)(=O)N1CCN(Cc2ccnc(Nc3ncc(-c4ccccc4)s3)c2)CC1. The predicted molar refractivity (Wildman–Crippen MR) is 123 cm³/mol. The number of nitrogens with zero attached hydrogens (tertiary/aromatic N) is 4. The predicted octanol–water partition coefficient (Wildman–Crippen LogP) is 3.33. The molecule has 152 valence electrons. The van der Waals surface area contributed by atoms with Crippen LogP contribution in [-0.4, -0.2) is 61.7 Å². The molecule has 3 heterocycles. The Bertz CT molecular complexity index is 1060. The molecular weight excluding hydrogens is 402 g/mol. The van der Waals surface area contributed by atoms with Crippen molar-refractivity contribution in [2.75, 3.05) is 37.8 Å². The van der Waals surface area contributed by atoms with Crippen molar-refractivity contribution < 1.29 is 4.21 Å². The summed E-state index contributed by atoms with van der Waals surface area (Å²) in [6.45, 7) is 4.20. The minimum Gasteiger partial charge on any atom is -0.316 e. The van der Waals surface area contributed by atoms with Crippen molar-refractivity contribution in [1.82, 2.24) is 19.2 Å². The second kappa shape index (κ2) is 8.62. The van der Waals surface area contributed by atoms with Gasteiger partial charge in [0.25, 0.3) is 0 Å². The quantitative estimate of drug-likeness (QED) is 0.612. The number of nitrogens with one attached hydrogen (secondary N) is 1. The largest absolute Gasteiger partial charge is 0.316 e. The van der Waals surface area contributed by atoms with Crippen LogP contribution in [0.2, 0.25) is 0 Å². The second-order valence-corrected chi connectivity index (χ2v) is 10.7. The lowest BCUT2D eigenvalue weighted by molar-refractivity contribution is 0.185. The molecule has 3 aromatic rings. The van der Waals surface area contributed by atoms with Gasteiger partial charge in [0.15, 0.2) is 5.13 Å². The Hall–Kier alpha value is -2.26. The third-order valence-electron chi connectivity index (χ3n) is 4.91. The van der Waals surface area contributed by atoms with Crippen LogP contribution in [-0.2, 0) is 16.3 Å². The maximum atomic E-state index is 12.1. The van der Waals surface area contributed by atoms with Gasteiger partial charge in [-0.1, -0.05) is 41.7 Å². The van der Waals surface area contributed by atoms with Gasteiger partial charge in [-0.3, -0.25) is 9.11 Å². The monoisotopic (exact) mass is 427 g/mol. The molecule has 1 atom stereocenters. The molecule has 0 radical (unpaired) electrons. The van der Waals surface area contributed by atoms with E-state index in [9.17, 15) is 4.21 Å². The fourth-order valence-corrected chi connectivity index (χ4v) is 5.11. The first-order valence-corrected chi connectivity index (χ1v) is 12.4. The number of anilines is 2. The van der Waals surface area contributed by atoms with Crippen LogP contribution in [0.5, 0.6) is 0 Å². The van der Waals surface area contributed by atoms with E-state index in [0.29, 0.717) is 0 Å². The van der Waals surface area contributed by atoms with Gasteiger partial charge < -0.3 is 5.32 Å². The van der Waals surface area contributed by atoms with Gasteiger partial charge in [0.2, 0.25) is 0 Å². The molecule has 0 saturated carbocycles. The number of pyridine rings is 1. The molecule has 29 heavy (non-hydrogen) atoms. The number of aromatic nitrogens is 2. The van der Waals surface area contributed by atoms with Crippen molar-refractivity contribution in [3.8, 4) is 10.4 Å². The summed E-state index contributed by atoms with van der Waals surface area (Å²) in [5.41, 5.74) is 2.36. The molecule has 1 fully saturated rings. The van der Waals surface area contributed by atoms with Crippen LogP contribution in [0.3, 0.4) is 0 Å². The fraction of sp³-hybridized carbons (Fsp3) is 0.286. The average molecular weight is 428 g/mol. The highest BCUT2D eigenvalue weighted by Crippen LogP contribution is 2.30. The molecule has 0 aliphatic carbocycles. The van der Waals surface area contributed by atoms with E-state index in [1.54, 1.807) is 17.6 Å². The van der Waals surface area contributed by atoms with E-state index in [-0.39, 0.29) is 0 Å². The third kappa shape index (κ3) is 5.22. The number of rotatable bonds is 6. The molecule has 1 aromatic carbocycles.